The van der Waals surface area contributed by atoms with Crippen molar-refractivity contribution in [3.8, 4) is 0 Å². The van der Waals surface area contributed by atoms with Crippen molar-refractivity contribution in [2.45, 2.75) is 12.7 Å². The fraction of sp³-hybridized carbons (Fsp3) is 0.133. The Morgan fingerprint density at radius 2 is 1.76 bits per heavy atom. The molecule has 0 saturated heterocycles. The Morgan fingerprint density at radius 3 is 2.33 bits per heavy atom. The van der Waals surface area contributed by atoms with E-state index >= 15 is 0 Å². The van der Waals surface area contributed by atoms with Crippen molar-refractivity contribution < 1.29 is 23.1 Å². The van der Waals surface area contributed by atoms with E-state index < -0.39 is 17.7 Å². The predicted molar refractivity (Wildman–Crippen MR) is 72.2 cm³/mol. The first kappa shape index (κ1) is 14.9. The van der Waals surface area contributed by atoms with Gasteiger partial charge in [0.15, 0.2) is 0 Å². The maximum Gasteiger partial charge on any atom is 0.416 e. The maximum atomic E-state index is 12.6. The summed E-state index contributed by atoms with van der Waals surface area (Å²) in [7, 11) is 0. The number of hydrogen-bond acceptors (Lipinski definition) is 2. The van der Waals surface area contributed by atoms with Gasteiger partial charge in [0.25, 0.3) is 0 Å². The van der Waals surface area contributed by atoms with Gasteiger partial charge in [-0.05, 0) is 35.9 Å². The van der Waals surface area contributed by atoms with Crippen LogP contribution >= 0.6 is 0 Å². The molecule has 21 heavy (non-hydrogen) atoms. The largest absolute Gasteiger partial charge is 0.478 e. The molecule has 0 radical (unpaired) electrons. The zero-order valence-corrected chi connectivity index (χ0v) is 10.8. The van der Waals surface area contributed by atoms with E-state index in [9.17, 15) is 18.0 Å². The molecule has 6 heteroatoms. The third-order valence-corrected chi connectivity index (χ3v) is 2.89. The lowest BCUT2D eigenvalue weighted by atomic mass is 10.1. The highest BCUT2D eigenvalue weighted by Crippen LogP contribution is 2.30. The maximum absolute atomic E-state index is 12.6. The molecule has 0 saturated carbocycles. The van der Waals surface area contributed by atoms with Crippen molar-refractivity contribution in [3.05, 3.63) is 65.2 Å². The lowest BCUT2D eigenvalue weighted by Crippen LogP contribution is -2.06. The second kappa shape index (κ2) is 5.87. The highest BCUT2D eigenvalue weighted by atomic mass is 19.4. The molecule has 0 unspecified atom stereocenters. The zero-order chi connectivity index (χ0) is 15.5. The number of nitrogens with one attached hydrogen (secondary N) is 1. The number of carbonyl (C=O) groups is 1. The molecule has 0 spiro atoms. The van der Waals surface area contributed by atoms with Gasteiger partial charge in [0, 0.05) is 12.2 Å². The summed E-state index contributed by atoms with van der Waals surface area (Å²) < 4.78 is 37.7. The number of alkyl halides is 3. The lowest BCUT2D eigenvalue weighted by Gasteiger charge is -2.10. The molecule has 0 atom stereocenters. The Hall–Kier alpha value is -2.50. The molecule has 0 fully saturated rings. The van der Waals surface area contributed by atoms with Crippen molar-refractivity contribution in [2.24, 2.45) is 0 Å². The molecule has 2 aromatic carbocycles. The summed E-state index contributed by atoms with van der Waals surface area (Å²) in [5.41, 5.74) is 0.580. The fourth-order valence-electron chi connectivity index (χ4n) is 1.77. The van der Waals surface area contributed by atoms with Crippen LogP contribution < -0.4 is 5.32 Å². The fourth-order valence-corrected chi connectivity index (χ4v) is 1.77. The van der Waals surface area contributed by atoms with Gasteiger partial charge in [-0.15, -0.1) is 0 Å². The monoisotopic (exact) mass is 295 g/mol. The van der Waals surface area contributed by atoms with Crippen LogP contribution in [0.4, 0.5) is 18.9 Å². The van der Waals surface area contributed by atoms with Crippen molar-refractivity contribution in [3.63, 3.8) is 0 Å². The van der Waals surface area contributed by atoms with Gasteiger partial charge >= 0.3 is 12.1 Å². The number of carboxylic acids is 1. The first-order chi connectivity index (χ1) is 9.86. The van der Waals surface area contributed by atoms with Gasteiger partial charge in [-0.3, -0.25) is 0 Å². The molecular weight excluding hydrogens is 283 g/mol. The van der Waals surface area contributed by atoms with Gasteiger partial charge in [0.1, 0.15) is 0 Å². The van der Waals surface area contributed by atoms with E-state index in [1.54, 1.807) is 18.2 Å². The highest BCUT2D eigenvalue weighted by molar-refractivity contribution is 5.87. The van der Waals surface area contributed by atoms with Crippen LogP contribution in [0.1, 0.15) is 21.5 Å². The summed E-state index contributed by atoms with van der Waals surface area (Å²) in [5.74, 6) is -1.02. The van der Waals surface area contributed by atoms with E-state index in [4.69, 9.17) is 5.11 Å². The number of anilines is 1. The van der Waals surface area contributed by atoms with Crippen LogP contribution in [0, 0.1) is 0 Å². The zero-order valence-electron chi connectivity index (χ0n) is 10.8. The lowest BCUT2D eigenvalue weighted by molar-refractivity contribution is -0.137. The average molecular weight is 295 g/mol. The Bertz CT molecular complexity index is 636. The van der Waals surface area contributed by atoms with Crippen LogP contribution in [0.3, 0.4) is 0 Å². The molecule has 2 N–H and O–H groups in total. The van der Waals surface area contributed by atoms with Crippen LogP contribution in [0.2, 0.25) is 0 Å². The molecule has 0 aliphatic rings. The summed E-state index contributed by atoms with van der Waals surface area (Å²) in [4.78, 5) is 10.7. The summed E-state index contributed by atoms with van der Waals surface area (Å²) in [6.07, 6.45) is -4.37. The van der Waals surface area contributed by atoms with Crippen molar-refractivity contribution >= 4 is 11.7 Å². The number of halogens is 3. The molecular formula is C15H12F3NO2. The summed E-state index contributed by atoms with van der Waals surface area (Å²) >= 11 is 0. The number of benzene rings is 2. The van der Waals surface area contributed by atoms with E-state index in [0.29, 0.717) is 12.2 Å². The number of rotatable bonds is 4. The smallest absolute Gasteiger partial charge is 0.416 e. The van der Waals surface area contributed by atoms with Crippen molar-refractivity contribution in [2.75, 3.05) is 5.32 Å². The second-order valence-corrected chi connectivity index (χ2v) is 4.43. The van der Waals surface area contributed by atoms with E-state index in [2.05, 4.69) is 5.32 Å². The first-order valence-electron chi connectivity index (χ1n) is 6.09. The van der Waals surface area contributed by atoms with Crippen molar-refractivity contribution in [1.29, 1.82) is 0 Å². The minimum atomic E-state index is -4.37. The first-order valence-corrected chi connectivity index (χ1v) is 6.09. The molecule has 0 aliphatic carbocycles. The number of aromatic carboxylic acids is 1. The van der Waals surface area contributed by atoms with Gasteiger partial charge in [-0.1, -0.05) is 18.2 Å². The van der Waals surface area contributed by atoms with Crippen LogP contribution in [-0.4, -0.2) is 11.1 Å². The van der Waals surface area contributed by atoms with E-state index in [0.717, 1.165) is 17.7 Å². The predicted octanol–water partition coefficient (Wildman–Crippen LogP) is 4.02. The van der Waals surface area contributed by atoms with E-state index in [1.807, 2.05) is 0 Å². The molecule has 2 aromatic rings. The van der Waals surface area contributed by atoms with Gasteiger partial charge in [-0.25, -0.2) is 4.79 Å². The van der Waals surface area contributed by atoms with Gasteiger partial charge < -0.3 is 10.4 Å². The van der Waals surface area contributed by atoms with Crippen molar-refractivity contribution in [1.82, 2.24) is 0 Å². The molecule has 0 aliphatic heterocycles. The third-order valence-electron chi connectivity index (χ3n) is 2.89. The number of hydrogen-bond donors (Lipinski definition) is 2. The summed E-state index contributed by atoms with van der Waals surface area (Å²) in [6.45, 7) is 0.307. The molecule has 2 rings (SSSR count). The number of carboxylic acid groups (broad SMARTS) is 1. The molecule has 0 bridgehead atoms. The standard InChI is InChI=1S/C15H12F3NO2/c16-15(17,18)12-2-1-3-13(8-12)19-9-10-4-6-11(7-5-10)14(20)21/h1-8,19H,9H2,(H,20,21). The summed E-state index contributed by atoms with van der Waals surface area (Å²) in [5, 5.41) is 11.6. The summed E-state index contributed by atoms with van der Waals surface area (Å²) in [6, 6.07) is 11.0. The van der Waals surface area contributed by atoms with Crippen LogP contribution in [0.25, 0.3) is 0 Å². The van der Waals surface area contributed by atoms with Gasteiger partial charge in [0.05, 0.1) is 11.1 Å². The van der Waals surface area contributed by atoms with E-state index in [1.165, 1.54) is 18.2 Å². The van der Waals surface area contributed by atoms with Gasteiger partial charge in [-0.2, -0.15) is 13.2 Å². The third kappa shape index (κ3) is 3.98. The molecule has 0 amide bonds. The average Bonchev–Trinajstić information content (AvgIpc) is 2.45. The minimum Gasteiger partial charge on any atom is -0.478 e. The normalized spacial score (nSPS) is 11.2. The van der Waals surface area contributed by atoms with E-state index in [-0.39, 0.29) is 5.56 Å². The SMILES string of the molecule is O=C(O)c1ccc(CNc2cccc(C(F)(F)F)c2)cc1. The minimum absolute atomic E-state index is 0.165. The Labute approximate surface area is 119 Å². The van der Waals surface area contributed by atoms with Gasteiger partial charge in [0.2, 0.25) is 0 Å². The molecule has 0 heterocycles. The second-order valence-electron chi connectivity index (χ2n) is 4.43. The highest BCUT2D eigenvalue weighted by Gasteiger charge is 2.30. The Morgan fingerprint density at radius 1 is 1.10 bits per heavy atom. The van der Waals surface area contributed by atoms with Crippen LogP contribution in [0.5, 0.6) is 0 Å². The van der Waals surface area contributed by atoms with Crippen LogP contribution in [-0.2, 0) is 12.7 Å². The molecule has 3 nitrogen and oxygen atoms in total. The Kier molecular flexibility index (Phi) is 4.16. The molecule has 0 aromatic heterocycles. The van der Waals surface area contributed by atoms with Crippen LogP contribution in [0.15, 0.2) is 48.5 Å². The quantitative estimate of drug-likeness (QED) is 0.895. The Balaban J connectivity index is 2.04. The molecule has 110 valence electrons. The topological polar surface area (TPSA) is 49.3 Å².